The quantitative estimate of drug-likeness (QED) is 0.735. The van der Waals surface area contributed by atoms with Crippen LogP contribution in [0.25, 0.3) is 0 Å². The highest BCUT2D eigenvalue weighted by Crippen LogP contribution is 2.19. The monoisotopic (exact) mass is 343 g/mol. The van der Waals surface area contributed by atoms with Gasteiger partial charge in [-0.1, -0.05) is 13.8 Å². The number of aromatic nitrogens is 1. The first-order valence-corrected chi connectivity index (χ1v) is 8.16. The molecular weight excluding hydrogens is 318 g/mol. The Morgan fingerprint density at radius 2 is 2.05 bits per heavy atom. The van der Waals surface area contributed by atoms with Crippen molar-refractivity contribution in [3.63, 3.8) is 0 Å². The van der Waals surface area contributed by atoms with Crippen LogP contribution in [0.4, 0.5) is 0 Å². The molecule has 1 heterocycles. The Balaban J connectivity index is 2.47. The number of rotatable bonds is 8. The summed E-state index contributed by atoms with van der Waals surface area (Å²) < 4.78 is 2.93. The van der Waals surface area contributed by atoms with Crippen LogP contribution < -0.4 is 5.32 Å². The normalized spacial score (nSPS) is 11.3. The lowest BCUT2D eigenvalue weighted by molar-refractivity contribution is 0.0941. The van der Waals surface area contributed by atoms with Gasteiger partial charge in [-0.05, 0) is 61.9 Å². The van der Waals surface area contributed by atoms with E-state index in [9.17, 15) is 4.79 Å². The molecule has 0 saturated heterocycles. The summed E-state index contributed by atoms with van der Waals surface area (Å²) in [6.45, 7) is 12.3. The highest BCUT2D eigenvalue weighted by molar-refractivity contribution is 9.10. The van der Waals surface area contributed by atoms with Crippen molar-refractivity contribution in [1.29, 1.82) is 0 Å². The zero-order chi connectivity index (χ0) is 15.1. The van der Waals surface area contributed by atoms with Crippen LogP contribution in [0.3, 0.4) is 0 Å². The number of carbonyl (C=O) groups excluding carboxylic acids is 1. The molecule has 1 N–H and O–H groups in total. The molecule has 0 unspecified atom stereocenters. The number of halogens is 1. The van der Waals surface area contributed by atoms with E-state index in [-0.39, 0.29) is 11.9 Å². The van der Waals surface area contributed by atoms with Gasteiger partial charge in [-0.3, -0.25) is 4.79 Å². The smallest absolute Gasteiger partial charge is 0.267 e. The molecule has 0 bridgehead atoms. The van der Waals surface area contributed by atoms with Crippen molar-refractivity contribution in [2.24, 2.45) is 0 Å². The average molecular weight is 344 g/mol. The first kappa shape index (κ1) is 17.2. The Morgan fingerprint density at radius 1 is 1.40 bits per heavy atom. The molecule has 4 nitrogen and oxygen atoms in total. The van der Waals surface area contributed by atoms with Crippen LogP contribution >= 0.6 is 15.9 Å². The number of carbonyl (C=O) groups is 1. The number of hydrogen-bond donors (Lipinski definition) is 1. The Bertz CT molecular complexity index is 425. The van der Waals surface area contributed by atoms with Gasteiger partial charge in [-0.15, -0.1) is 0 Å². The van der Waals surface area contributed by atoms with E-state index in [0.29, 0.717) is 0 Å². The molecule has 0 aliphatic carbocycles. The summed E-state index contributed by atoms with van der Waals surface area (Å²) in [5.41, 5.74) is 0.717. The van der Waals surface area contributed by atoms with Gasteiger partial charge in [-0.2, -0.15) is 0 Å². The predicted molar refractivity (Wildman–Crippen MR) is 87.3 cm³/mol. The summed E-state index contributed by atoms with van der Waals surface area (Å²) in [5.74, 6) is 0.00365. The fraction of sp³-hybridized carbons (Fsp3) is 0.667. The standard InChI is InChI=1S/C15H26BrN3O/c1-5-18(6-2)9-7-8-17-15(20)14-10-13(16)11-19(14)12(3)4/h10-12H,5-9H2,1-4H3,(H,17,20). The summed E-state index contributed by atoms with van der Waals surface area (Å²) in [7, 11) is 0. The van der Waals surface area contributed by atoms with Gasteiger partial charge in [0.1, 0.15) is 5.69 Å². The largest absolute Gasteiger partial charge is 0.351 e. The molecule has 20 heavy (non-hydrogen) atoms. The zero-order valence-corrected chi connectivity index (χ0v) is 14.5. The predicted octanol–water partition coefficient (Wildman–Crippen LogP) is 3.29. The molecule has 5 heteroatoms. The van der Waals surface area contributed by atoms with Gasteiger partial charge in [-0.25, -0.2) is 0 Å². The Labute approximate surface area is 130 Å². The van der Waals surface area contributed by atoms with E-state index in [4.69, 9.17) is 0 Å². The highest BCUT2D eigenvalue weighted by Gasteiger charge is 2.14. The second-order valence-electron chi connectivity index (χ2n) is 5.18. The number of nitrogens with one attached hydrogen (secondary N) is 1. The first-order chi connectivity index (χ1) is 9.49. The molecule has 0 atom stereocenters. The molecule has 0 aromatic carbocycles. The minimum atomic E-state index is 0.00365. The molecule has 114 valence electrons. The molecule has 1 aromatic rings. The van der Waals surface area contributed by atoms with Gasteiger partial charge in [0.25, 0.3) is 5.91 Å². The number of amides is 1. The van der Waals surface area contributed by atoms with Crippen molar-refractivity contribution in [2.75, 3.05) is 26.2 Å². The molecule has 0 radical (unpaired) electrons. The van der Waals surface area contributed by atoms with Crippen molar-refractivity contribution >= 4 is 21.8 Å². The van der Waals surface area contributed by atoms with Crippen LogP contribution in [-0.2, 0) is 0 Å². The van der Waals surface area contributed by atoms with Crippen LogP contribution in [-0.4, -0.2) is 41.6 Å². The molecular formula is C15H26BrN3O. The maximum absolute atomic E-state index is 12.2. The zero-order valence-electron chi connectivity index (χ0n) is 12.9. The lowest BCUT2D eigenvalue weighted by atomic mass is 10.3. The molecule has 1 amide bonds. The van der Waals surface area contributed by atoms with Gasteiger partial charge >= 0.3 is 0 Å². The molecule has 0 spiro atoms. The van der Waals surface area contributed by atoms with E-state index in [1.807, 2.05) is 16.8 Å². The molecule has 0 aliphatic heterocycles. The minimum absolute atomic E-state index is 0.00365. The summed E-state index contributed by atoms with van der Waals surface area (Å²) in [4.78, 5) is 14.6. The average Bonchev–Trinajstić information content (AvgIpc) is 2.81. The number of hydrogen-bond acceptors (Lipinski definition) is 2. The second kappa shape index (κ2) is 8.47. The van der Waals surface area contributed by atoms with Gasteiger partial charge < -0.3 is 14.8 Å². The number of nitrogens with zero attached hydrogens (tertiary/aromatic N) is 2. The fourth-order valence-electron chi connectivity index (χ4n) is 2.19. The van der Waals surface area contributed by atoms with E-state index in [1.165, 1.54) is 0 Å². The van der Waals surface area contributed by atoms with Crippen molar-refractivity contribution < 1.29 is 4.79 Å². The third-order valence-electron chi connectivity index (χ3n) is 3.44. The molecule has 0 saturated carbocycles. The molecule has 1 aromatic heterocycles. The van der Waals surface area contributed by atoms with E-state index >= 15 is 0 Å². The van der Waals surface area contributed by atoms with Crippen LogP contribution in [0.1, 0.15) is 50.6 Å². The van der Waals surface area contributed by atoms with E-state index in [1.54, 1.807) is 0 Å². The van der Waals surface area contributed by atoms with Crippen molar-refractivity contribution in [1.82, 2.24) is 14.8 Å². The Kier molecular flexibility index (Phi) is 7.30. The van der Waals surface area contributed by atoms with Gasteiger partial charge in [0.05, 0.1) is 0 Å². The van der Waals surface area contributed by atoms with E-state index < -0.39 is 0 Å². The third-order valence-corrected chi connectivity index (χ3v) is 3.87. The molecule has 0 fully saturated rings. The highest BCUT2D eigenvalue weighted by atomic mass is 79.9. The van der Waals surface area contributed by atoms with E-state index in [2.05, 4.69) is 53.8 Å². The van der Waals surface area contributed by atoms with E-state index in [0.717, 1.165) is 42.8 Å². The Morgan fingerprint density at radius 3 is 2.60 bits per heavy atom. The summed E-state index contributed by atoms with van der Waals surface area (Å²) in [6.07, 6.45) is 2.94. The third kappa shape index (κ3) is 4.94. The summed E-state index contributed by atoms with van der Waals surface area (Å²) >= 11 is 3.43. The first-order valence-electron chi connectivity index (χ1n) is 7.37. The van der Waals surface area contributed by atoms with Crippen molar-refractivity contribution in [3.05, 3.63) is 22.4 Å². The van der Waals surface area contributed by atoms with Crippen LogP contribution in [0.5, 0.6) is 0 Å². The lowest BCUT2D eigenvalue weighted by Crippen LogP contribution is -2.31. The van der Waals surface area contributed by atoms with Gasteiger partial charge in [0.2, 0.25) is 0 Å². The van der Waals surface area contributed by atoms with Gasteiger partial charge in [0.15, 0.2) is 0 Å². The van der Waals surface area contributed by atoms with Crippen LogP contribution in [0.2, 0.25) is 0 Å². The van der Waals surface area contributed by atoms with Crippen LogP contribution in [0, 0.1) is 0 Å². The summed E-state index contributed by atoms with van der Waals surface area (Å²) in [5, 5.41) is 3.00. The van der Waals surface area contributed by atoms with Crippen LogP contribution in [0.15, 0.2) is 16.7 Å². The molecule has 1 rings (SSSR count). The Hall–Kier alpha value is -0.810. The minimum Gasteiger partial charge on any atom is -0.351 e. The lowest BCUT2D eigenvalue weighted by Gasteiger charge is -2.18. The molecule has 0 aliphatic rings. The van der Waals surface area contributed by atoms with Crippen molar-refractivity contribution in [2.45, 2.75) is 40.2 Å². The fourth-order valence-corrected chi connectivity index (χ4v) is 2.63. The van der Waals surface area contributed by atoms with Gasteiger partial charge in [0, 0.05) is 23.3 Å². The maximum atomic E-state index is 12.2. The van der Waals surface area contributed by atoms with Crippen molar-refractivity contribution in [3.8, 4) is 0 Å². The topological polar surface area (TPSA) is 37.3 Å². The SMILES string of the molecule is CCN(CC)CCCNC(=O)c1cc(Br)cn1C(C)C. The second-order valence-corrected chi connectivity index (χ2v) is 6.10. The summed E-state index contributed by atoms with van der Waals surface area (Å²) in [6, 6.07) is 2.15. The maximum Gasteiger partial charge on any atom is 0.267 e.